The summed E-state index contributed by atoms with van der Waals surface area (Å²) >= 11 is 0. The van der Waals surface area contributed by atoms with Crippen molar-refractivity contribution in [3.05, 3.63) is 71.0 Å². The molecule has 5 heteroatoms. The molecule has 0 aromatic heterocycles. The lowest BCUT2D eigenvalue weighted by Crippen LogP contribution is -2.49. The van der Waals surface area contributed by atoms with Crippen molar-refractivity contribution in [2.24, 2.45) is 10.9 Å². The van der Waals surface area contributed by atoms with E-state index in [9.17, 15) is 4.39 Å². The van der Waals surface area contributed by atoms with Gasteiger partial charge >= 0.3 is 0 Å². The van der Waals surface area contributed by atoms with Crippen LogP contribution in [0.5, 0.6) is 0 Å². The van der Waals surface area contributed by atoms with Crippen molar-refractivity contribution < 1.29 is 9.13 Å². The lowest BCUT2D eigenvalue weighted by molar-refractivity contribution is -0.0296. The van der Waals surface area contributed by atoms with Crippen molar-refractivity contribution in [2.45, 2.75) is 30.9 Å². The van der Waals surface area contributed by atoms with Gasteiger partial charge in [0.05, 0.1) is 24.6 Å². The second-order valence-corrected chi connectivity index (χ2v) is 7.71. The lowest BCUT2D eigenvalue weighted by atomic mass is 9.72. The quantitative estimate of drug-likeness (QED) is 0.776. The molecule has 1 aliphatic carbocycles. The number of hydrogen-bond donors (Lipinski definition) is 0. The van der Waals surface area contributed by atoms with Gasteiger partial charge < -0.3 is 9.64 Å². The van der Waals surface area contributed by atoms with Gasteiger partial charge in [0, 0.05) is 19.4 Å². The third kappa shape index (κ3) is 2.68. The molecule has 1 spiro atoms. The number of halogens is 1. The molecule has 0 saturated heterocycles. The second kappa shape index (κ2) is 6.09. The van der Waals surface area contributed by atoms with Crippen molar-refractivity contribution in [1.82, 2.24) is 4.90 Å². The average Bonchev–Trinajstić information content (AvgIpc) is 3.12. The summed E-state index contributed by atoms with van der Waals surface area (Å²) in [6.07, 6.45) is 2.42. The van der Waals surface area contributed by atoms with Gasteiger partial charge in [0.2, 0.25) is 0 Å². The number of rotatable bonds is 1. The Labute approximate surface area is 157 Å². The van der Waals surface area contributed by atoms with Crippen LogP contribution in [-0.2, 0) is 11.2 Å². The van der Waals surface area contributed by atoms with Crippen molar-refractivity contribution in [1.29, 1.82) is 5.26 Å². The zero-order chi connectivity index (χ0) is 18.4. The van der Waals surface area contributed by atoms with Crippen LogP contribution < -0.4 is 0 Å². The van der Waals surface area contributed by atoms with Gasteiger partial charge in [-0.3, -0.25) is 0 Å². The van der Waals surface area contributed by atoms with Crippen LogP contribution >= 0.6 is 0 Å². The van der Waals surface area contributed by atoms with Gasteiger partial charge in [0.15, 0.2) is 0 Å². The van der Waals surface area contributed by atoms with E-state index >= 15 is 0 Å². The van der Waals surface area contributed by atoms with Gasteiger partial charge in [0.1, 0.15) is 11.4 Å². The summed E-state index contributed by atoms with van der Waals surface area (Å²) in [4.78, 5) is 6.90. The minimum Gasteiger partial charge on any atom is -0.456 e. The van der Waals surface area contributed by atoms with Crippen LogP contribution in [0.15, 0.2) is 53.5 Å². The number of hydrogen-bond acceptors (Lipinski definition) is 4. The molecule has 2 aromatic carbocycles. The van der Waals surface area contributed by atoms with Crippen molar-refractivity contribution >= 4 is 6.02 Å². The molecule has 3 aliphatic rings. The molecule has 0 unspecified atom stereocenters. The molecule has 0 amide bonds. The third-order valence-electron chi connectivity index (χ3n) is 5.94. The Balaban J connectivity index is 1.48. The highest BCUT2D eigenvalue weighted by Gasteiger charge is 2.51. The van der Waals surface area contributed by atoms with Crippen LogP contribution in [0.1, 0.15) is 35.6 Å². The summed E-state index contributed by atoms with van der Waals surface area (Å²) in [5, 5.41) is 9.08. The molecule has 2 aliphatic heterocycles. The average molecular weight is 361 g/mol. The molecule has 0 N–H and O–H groups in total. The van der Waals surface area contributed by atoms with Crippen LogP contribution in [0.25, 0.3) is 0 Å². The molecule has 1 saturated carbocycles. The van der Waals surface area contributed by atoms with E-state index in [1.807, 2.05) is 18.2 Å². The largest absolute Gasteiger partial charge is 0.456 e. The minimum absolute atomic E-state index is 0.0451. The van der Waals surface area contributed by atoms with Crippen molar-refractivity contribution in [2.75, 3.05) is 13.1 Å². The normalized spacial score (nSPS) is 28.7. The Hall–Kier alpha value is -2.87. The Morgan fingerprint density at radius 2 is 1.93 bits per heavy atom. The fourth-order valence-corrected chi connectivity index (χ4v) is 4.54. The molecule has 5 rings (SSSR count). The Morgan fingerprint density at radius 3 is 2.70 bits per heavy atom. The second-order valence-electron chi connectivity index (χ2n) is 7.71. The summed E-state index contributed by atoms with van der Waals surface area (Å²) < 4.78 is 19.8. The predicted octanol–water partition coefficient (Wildman–Crippen LogP) is 3.83. The van der Waals surface area contributed by atoms with Gasteiger partial charge in [0.25, 0.3) is 6.02 Å². The molecule has 2 heterocycles. The SMILES string of the molecule is N#CC1CC2(CN=C(N3CCc4ccccc4[C@@H]3c3ccc(F)cc3)O2)C1. The van der Waals surface area contributed by atoms with E-state index in [-0.39, 0.29) is 23.4 Å². The first-order chi connectivity index (χ1) is 13.2. The summed E-state index contributed by atoms with van der Waals surface area (Å²) in [5.41, 5.74) is 3.26. The van der Waals surface area contributed by atoms with E-state index in [2.05, 4.69) is 29.2 Å². The minimum atomic E-state index is -0.292. The van der Waals surface area contributed by atoms with Crippen molar-refractivity contribution in [3.63, 3.8) is 0 Å². The fraction of sp³-hybridized carbons (Fsp3) is 0.364. The molecular weight excluding hydrogens is 341 g/mol. The fourth-order valence-electron chi connectivity index (χ4n) is 4.54. The third-order valence-corrected chi connectivity index (χ3v) is 5.94. The Kier molecular flexibility index (Phi) is 3.68. The van der Waals surface area contributed by atoms with Crippen LogP contribution in [0.3, 0.4) is 0 Å². The molecule has 4 nitrogen and oxygen atoms in total. The van der Waals surface area contributed by atoms with E-state index < -0.39 is 0 Å². The number of nitriles is 1. The molecule has 1 fully saturated rings. The summed E-state index contributed by atoms with van der Waals surface area (Å²) in [6, 6.07) is 18.0. The van der Waals surface area contributed by atoms with Crippen LogP contribution in [0.4, 0.5) is 4.39 Å². The summed E-state index contributed by atoms with van der Waals surface area (Å²) in [7, 11) is 0. The molecule has 2 aromatic rings. The number of nitrogens with zero attached hydrogens (tertiary/aromatic N) is 3. The number of fused-ring (bicyclic) bond motifs is 1. The molecule has 1 atom stereocenters. The van der Waals surface area contributed by atoms with Crippen LogP contribution in [-0.4, -0.2) is 29.6 Å². The van der Waals surface area contributed by atoms with E-state index in [4.69, 9.17) is 15.0 Å². The predicted molar refractivity (Wildman–Crippen MR) is 99.6 cm³/mol. The van der Waals surface area contributed by atoms with Crippen molar-refractivity contribution in [3.8, 4) is 6.07 Å². The maximum atomic E-state index is 13.5. The van der Waals surface area contributed by atoms with Gasteiger partial charge in [-0.25, -0.2) is 9.38 Å². The number of benzene rings is 2. The van der Waals surface area contributed by atoms with Crippen LogP contribution in [0.2, 0.25) is 0 Å². The number of aliphatic imine (C=N–C) groups is 1. The van der Waals surface area contributed by atoms with E-state index in [0.717, 1.165) is 31.4 Å². The molecule has 27 heavy (non-hydrogen) atoms. The van der Waals surface area contributed by atoms with E-state index in [1.54, 1.807) is 0 Å². The molecule has 0 bridgehead atoms. The maximum absolute atomic E-state index is 13.5. The first-order valence-corrected chi connectivity index (χ1v) is 9.40. The standard InChI is InChI=1S/C22H20FN3O/c23-18-7-5-17(6-8-18)20-19-4-2-1-3-16(19)9-10-26(20)21-25-14-22(27-21)11-15(12-22)13-24/h1-8,15,20H,9-12,14H2/t15?,20-,22?/m0/s1. The maximum Gasteiger partial charge on any atom is 0.288 e. The monoisotopic (exact) mass is 361 g/mol. The zero-order valence-electron chi connectivity index (χ0n) is 14.9. The first kappa shape index (κ1) is 16.3. The Morgan fingerprint density at radius 1 is 1.15 bits per heavy atom. The highest BCUT2D eigenvalue weighted by molar-refractivity contribution is 5.78. The highest BCUT2D eigenvalue weighted by atomic mass is 19.1. The van der Waals surface area contributed by atoms with Crippen LogP contribution in [0, 0.1) is 23.1 Å². The van der Waals surface area contributed by atoms with Gasteiger partial charge in [-0.15, -0.1) is 0 Å². The van der Waals surface area contributed by atoms with Gasteiger partial charge in [-0.05, 0) is 35.2 Å². The van der Waals surface area contributed by atoms with E-state index in [1.165, 1.54) is 23.3 Å². The Bertz CT molecular complexity index is 941. The highest BCUT2D eigenvalue weighted by Crippen LogP contribution is 2.45. The molecular formula is C22H20FN3O. The van der Waals surface area contributed by atoms with Gasteiger partial charge in [-0.2, -0.15) is 5.26 Å². The smallest absolute Gasteiger partial charge is 0.288 e. The summed E-state index contributed by atoms with van der Waals surface area (Å²) in [6.45, 7) is 1.42. The van der Waals surface area contributed by atoms with E-state index in [0.29, 0.717) is 12.6 Å². The topological polar surface area (TPSA) is 48.6 Å². The number of amidine groups is 1. The number of ether oxygens (including phenoxy) is 1. The van der Waals surface area contributed by atoms with Gasteiger partial charge in [-0.1, -0.05) is 36.4 Å². The zero-order valence-corrected chi connectivity index (χ0v) is 14.9. The molecule has 136 valence electrons. The first-order valence-electron chi connectivity index (χ1n) is 9.40. The lowest BCUT2D eigenvalue weighted by Gasteiger charge is -2.43. The summed E-state index contributed by atoms with van der Waals surface area (Å²) in [5.74, 6) is -0.158. The molecule has 0 radical (unpaired) electrons.